The van der Waals surface area contributed by atoms with Gasteiger partial charge in [-0.15, -0.1) is 0 Å². The molecule has 0 aliphatic carbocycles. The maximum absolute atomic E-state index is 9.76. The number of aryl methyl sites for hydroxylation is 1. The summed E-state index contributed by atoms with van der Waals surface area (Å²) in [7, 11) is 0. The van der Waals surface area contributed by atoms with Crippen LogP contribution in [0, 0.1) is 13.8 Å². The number of nitrogens with zero attached hydrogens (tertiary/aromatic N) is 2. The molecule has 1 heterocycles. The van der Waals surface area contributed by atoms with Gasteiger partial charge in [0.1, 0.15) is 0 Å². The highest BCUT2D eigenvalue weighted by molar-refractivity contribution is 6.31. The van der Waals surface area contributed by atoms with Crippen molar-refractivity contribution in [2.75, 3.05) is 0 Å². The Balaban J connectivity index is 2.64. The molecule has 1 aromatic carbocycles. The topological polar surface area (TPSA) is 38.0 Å². The smallest absolute Gasteiger partial charge is 0.0848 e. The molecule has 17 heavy (non-hydrogen) atoms. The van der Waals surface area contributed by atoms with E-state index < -0.39 is 6.10 Å². The highest BCUT2D eigenvalue weighted by Crippen LogP contribution is 2.26. The van der Waals surface area contributed by atoms with Crippen LogP contribution in [0.1, 0.15) is 30.0 Å². The van der Waals surface area contributed by atoms with Gasteiger partial charge in [0, 0.05) is 5.56 Å². The SMILES string of the molecule is Cc1nn(-c2ccccc2[C@@H](C)O)c(C)c1Cl. The molecule has 2 aromatic rings. The third-order valence-electron chi connectivity index (χ3n) is 2.82. The number of para-hydroxylation sites is 1. The van der Waals surface area contributed by atoms with Crippen LogP contribution < -0.4 is 0 Å². The molecule has 0 aliphatic rings. The van der Waals surface area contributed by atoms with Crippen LogP contribution in [0.25, 0.3) is 5.69 Å². The van der Waals surface area contributed by atoms with Crippen LogP contribution in [-0.4, -0.2) is 14.9 Å². The normalized spacial score (nSPS) is 12.8. The molecule has 4 heteroatoms. The Labute approximate surface area is 106 Å². The van der Waals surface area contributed by atoms with Crippen molar-refractivity contribution in [2.24, 2.45) is 0 Å². The summed E-state index contributed by atoms with van der Waals surface area (Å²) in [5.41, 5.74) is 3.39. The molecule has 0 unspecified atom stereocenters. The number of halogens is 1. The molecule has 90 valence electrons. The third kappa shape index (κ3) is 2.08. The van der Waals surface area contributed by atoms with Crippen molar-refractivity contribution in [2.45, 2.75) is 26.9 Å². The van der Waals surface area contributed by atoms with Gasteiger partial charge in [-0.1, -0.05) is 29.8 Å². The van der Waals surface area contributed by atoms with Crippen LogP contribution in [0.15, 0.2) is 24.3 Å². The van der Waals surface area contributed by atoms with Crippen LogP contribution in [-0.2, 0) is 0 Å². The van der Waals surface area contributed by atoms with Crippen molar-refractivity contribution in [1.82, 2.24) is 9.78 Å². The Morgan fingerprint density at radius 3 is 2.47 bits per heavy atom. The van der Waals surface area contributed by atoms with Gasteiger partial charge in [-0.05, 0) is 26.8 Å². The van der Waals surface area contributed by atoms with Crippen LogP contribution >= 0.6 is 11.6 Å². The third-order valence-corrected chi connectivity index (χ3v) is 3.37. The Bertz CT molecular complexity index is 546. The van der Waals surface area contributed by atoms with Crippen molar-refractivity contribution in [3.05, 3.63) is 46.2 Å². The van der Waals surface area contributed by atoms with Crippen molar-refractivity contribution in [1.29, 1.82) is 0 Å². The minimum Gasteiger partial charge on any atom is -0.389 e. The molecule has 0 bridgehead atoms. The van der Waals surface area contributed by atoms with E-state index in [-0.39, 0.29) is 0 Å². The van der Waals surface area contributed by atoms with E-state index in [1.807, 2.05) is 38.1 Å². The van der Waals surface area contributed by atoms with Gasteiger partial charge < -0.3 is 5.11 Å². The minimum atomic E-state index is -0.533. The summed E-state index contributed by atoms with van der Waals surface area (Å²) < 4.78 is 1.78. The fraction of sp³-hybridized carbons (Fsp3) is 0.308. The molecule has 0 saturated heterocycles. The molecule has 0 aliphatic heterocycles. The van der Waals surface area contributed by atoms with Gasteiger partial charge in [-0.3, -0.25) is 0 Å². The van der Waals surface area contributed by atoms with E-state index in [2.05, 4.69) is 5.10 Å². The van der Waals surface area contributed by atoms with E-state index in [0.29, 0.717) is 5.02 Å². The van der Waals surface area contributed by atoms with E-state index in [1.54, 1.807) is 11.6 Å². The van der Waals surface area contributed by atoms with Crippen LogP contribution in [0.2, 0.25) is 5.02 Å². The second kappa shape index (κ2) is 4.51. The summed E-state index contributed by atoms with van der Waals surface area (Å²) in [5.74, 6) is 0. The first-order valence-electron chi connectivity index (χ1n) is 5.51. The predicted molar refractivity (Wildman–Crippen MR) is 68.7 cm³/mol. The van der Waals surface area contributed by atoms with Gasteiger partial charge in [0.05, 0.1) is 28.2 Å². The zero-order valence-electron chi connectivity index (χ0n) is 10.1. The summed E-state index contributed by atoms with van der Waals surface area (Å²) in [4.78, 5) is 0. The standard InChI is InChI=1S/C13H15ClN2O/c1-8-13(14)9(2)16(15-8)12-7-5-4-6-11(12)10(3)17/h4-7,10,17H,1-3H3/t10-/m1/s1. The maximum atomic E-state index is 9.76. The van der Waals surface area contributed by atoms with E-state index in [9.17, 15) is 5.11 Å². The number of aliphatic hydroxyl groups excluding tert-OH is 1. The predicted octanol–water partition coefficient (Wildman–Crippen LogP) is 3.20. The van der Waals surface area contributed by atoms with Gasteiger partial charge in [-0.25, -0.2) is 4.68 Å². The van der Waals surface area contributed by atoms with Crippen LogP contribution in [0.5, 0.6) is 0 Å². The Hall–Kier alpha value is -1.32. The van der Waals surface area contributed by atoms with E-state index in [4.69, 9.17) is 11.6 Å². The molecule has 0 saturated carbocycles. The fourth-order valence-corrected chi connectivity index (χ4v) is 2.01. The van der Waals surface area contributed by atoms with Gasteiger partial charge in [0.25, 0.3) is 0 Å². The summed E-state index contributed by atoms with van der Waals surface area (Å²) in [6.45, 7) is 5.53. The molecule has 0 spiro atoms. The van der Waals surface area contributed by atoms with E-state index in [0.717, 1.165) is 22.6 Å². The summed E-state index contributed by atoms with van der Waals surface area (Å²) in [5, 5.41) is 14.8. The summed E-state index contributed by atoms with van der Waals surface area (Å²) in [6.07, 6.45) is -0.533. The molecule has 0 amide bonds. The average Bonchev–Trinajstić information content (AvgIpc) is 2.57. The molecular weight excluding hydrogens is 236 g/mol. The number of hydrogen-bond donors (Lipinski definition) is 1. The van der Waals surface area contributed by atoms with Gasteiger partial charge in [0.2, 0.25) is 0 Å². The highest BCUT2D eigenvalue weighted by atomic mass is 35.5. The Kier molecular flexibility index (Phi) is 3.22. The zero-order valence-corrected chi connectivity index (χ0v) is 10.9. The molecule has 1 atom stereocenters. The molecule has 1 aromatic heterocycles. The van der Waals surface area contributed by atoms with Crippen molar-refractivity contribution in [3.8, 4) is 5.69 Å². The monoisotopic (exact) mass is 250 g/mol. The molecule has 0 radical (unpaired) electrons. The number of benzene rings is 1. The van der Waals surface area contributed by atoms with E-state index >= 15 is 0 Å². The van der Waals surface area contributed by atoms with Crippen LogP contribution in [0.3, 0.4) is 0 Å². The molecule has 1 N–H and O–H groups in total. The van der Waals surface area contributed by atoms with Crippen molar-refractivity contribution >= 4 is 11.6 Å². The van der Waals surface area contributed by atoms with Gasteiger partial charge in [-0.2, -0.15) is 5.10 Å². The first-order chi connectivity index (χ1) is 8.02. The summed E-state index contributed by atoms with van der Waals surface area (Å²) in [6, 6.07) is 7.65. The Morgan fingerprint density at radius 1 is 1.29 bits per heavy atom. The van der Waals surface area contributed by atoms with E-state index in [1.165, 1.54) is 0 Å². The second-order valence-corrected chi connectivity index (χ2v) is 4.51. The lowest BCUT2D eigenvalue weighted by atomic mass is 10.1. The molecule has 0 fully saturated rings. The first kappa shape index (κ1) is 12.1. The molecular formula is C13H15ClN2O. The number of aliphatic hydroxyl groups is 1. The van der Waals surface area contributed by atoms with Gasteiger partial charge >= 0.3 is 0 Å². The highest BCUT2D eigenvalue weighted by Gasteiger charge is 2.15. The lowest BCUT2D eigenvalue weighted by Gasteiger charge is -2.13. The average molecular weight is 251 g/mol. The minimum absolute atomic E-state index is 0.533. The maximum Gasteiger partial charge on any atom is 0.0848 e. The lowest BCUT2D eigenvalue weighted by molar-refractivity contribution is 0.199. The van der Waals surface area contributed by atoms with Crippen molar-refractivity contribution in [3.63, 3.8) is 0 Å². The molecule has 2 rings (SSSR count). The zero-order chi connectivity index (χ0) is 12.6. The molecule has 3 nitrogen and oxygen atoms in total. The number of aromatic nitrogens is 2. The fourth-order valence-electron chi connectivity index (χ4n) is 1.89. The lowest BCUT2D eigenvalue weighted by Crippen LogP contribution is -2.05. The first-order valence-corrected chi connectivity index (χ1v) is 5.89. The van der Waals surface area contributed by atoms with Gasteiger partial charge in [0.15, 0.2) is 0 Å². The van der Waals surface area contributed by atoms with Crippen LogP contribution in [0.4, 0.5) is 0 Å². The number of rotatable bonds is 2. The largest absolute Gasteiger partial charge is 0.389 e. The summed E-state index contributed by atoms with van der Waals surface area (Å²) >= 11 is 6.13. The Morgan fingerprint density at radius 2 is 1.94 bits per heavy atom. The number of hydrogen-bond acceptors (Lipinski definition) is 2. The second-order valence-electron chi connectivity index (χ2n) is 4.13. The quantitative estimate of drug-likeness (QED) is 0.889. The van der Waals surface area contributed by atoms with Crippen molar-refractivity contribution < 1.29 is 5.11 Å².